The first-order valence-corrected chi connectivity index (χ1v) is 7.35. The van der Waals surface area contributed by atoms with Crippen LogP contribution < -0.4 is 5.32 Å². The minimum Gasteiger partial charge on any atom is -0.493 e. The first-order valence-electron chi connectivity index (χ1n) is 7.35. The SMILES string of the molecule is Cn1nc(C(=O)Nc2ccc(Cc3cc(F)cc(F)c3)cn2)cc1O. The monoisotopic (exact) mass is 344 g/mol. The second-order valence-electron chi connectivity index (χ2n) is 5.47. The Hall–Kier alpha value is -3.29. The normalized spacial score (nSPS) is 10.7. The highest BCUT2D eigenvalue weighted by Crippen LogP contribution is 2.15. The van der Waals surface area contributed by atoms with Crippen molar-refractivity contribution in [2.75, 3.05) is 5.32 Å². The topological polar surface area (TPSA) is 80.0 Å². The Bertz CT molecular complexity index is 883. The van der Waals surface area contributed by atoms with Crippen LogP contribution in [0.5, 0.6) is 5.88 Å². The summed E-state index contributed by atoms with van der Waals surface area (Å²) in [5, 5.41) is 15.8. The summed E-state index contributed by atoms with van der Waals surface area (Å²) in [7, 11) is 1.51. The van der Waals surface area contributed by atoms with Crippen molar-refractivity contribution in [2.45, 2.75) is 6.42 Å². The number of aryl methyl sites for hydroxylation is 1. The van der Waals surface area contributed by atoms with E-state index in [1.807, 2.05) is 0 Å². The van der Waals surface area contributed by atoms with Gasteiger partial charge in [0.2, 0.25) is 5.88 Å². The van der Waals surface area contributed by atoms with E-state index >= 15 is 0 Å². The minimum atomic E-state index is -0.634. The number of aromatic nitrogens is 3. The fraction of sp³-hybridized carbons (Fsp3) is 0.118. The van der Waals surface area contributed by atoms with Crippen molar-refractivity contribution in [3.63, 3.8) is 0 Å². The van der Waals surface area contributed by atoms with Crippen LogP contribution in [0.1, 0.15) is 21.6 Å². The highest BCUT2D eigenvalue weighted by Gasteiger charge is 2.13. The third-order valence-corrected chi connectivity index (χ3v) is 3.48. The molecule has 0 spiro atoms. The number of benzene rings is 1. The van der Waals surface area contributed by atoms with Crippen molar-refractivity contribution in [2.24, 2.45) is 7.05 Å². The molecule has 0 bridgehead atoms. The van der Waals surface area contributed by atoms with Gasteiger partial charge in [-0.05, 0) is 35.7 Å². The second-order valence-corrected chi connectivity index (χ2v) is 5.47. The van der Waals surface area contributed by atoms with Crippen LogP contribution in [0, 0.1) is 11.6 Å². The molecule has 0 fully saturated rings. The third-order valence-electron chi connectivity index (χ3n) is 3.48. The molecule has 0 aliphatic carbocycles. The van der Waals surface area contributed by atoms with E-state index in [0.717, 1.165) is 11.6 Å². The van der Waals surface area contributed by atoms with Crippen LogP contribution >= 0.6 is 0 Å². The van der Waals surface area contributed by atoms with Crippen LogP contribution in [-0.2, 0) is 13.5 Å². The van der Waals surface area contributed by atoms with Gasteiger partial charge >= 0.3 is 0 Å². The number of anilines is 1. The van der Waals surface area contributed by atoms with Crippen LogP contribution in [-0.4, -0.2) is 25.8 Å². The van der Waals surface area contributed by atoms with Crippen LogP contribution in [0.3, 0.4) is 0 Å². The molecule has 0 atom stereocenters. The molecule has 6 nitrogen and oxygen atoms in total. The second kappa shape index (κ2) is 6.68. The van der Waals surface area contributed by atoms with Crippen molar-refractivity contribution in [3.8, 4) is 5.88 Å². The van der Waals surface area contributed by atoms with Gasteiger partial charge in [0.1, 0.15) is 17.5 Å². The van der Waals surface area contributed by atoms with Gasteiger partial charge in [-0.2, -0.15) is 5.10 Å². The number of nitrogens with zero attached hydrogens (tertiary/aromatic N) is 3. The van der Waals surface area contributed by atoms with Gasteiger partial charge in [-0.1, -0.05) is 6.07 Å². The zero-order valence-corrected chi connectivity index (χ0v) is 13.2. The predicted molar refractivity (Wildman–Crippen MR) is 86.2 cm³/mol. The molecule has 8 heteroatoms. The highest BCUT2D eigenvalue weighted by atomic mass is 19.1. The molecule has 1 amide bonds. The number of rotatable bonds is 4. The molecule has 0 aliphatic rings. The maximum absolute atomic E-state index is 13.2. The maximum atomic E-state index is 13.2. The Labute approximate surface area is 141 Å². The number of hydrogen-bond donors (Lipinski definition) is 2. The van der Waals surface area contributed by atoms with E-state index in [4.69, 9.17) is 0 Å². The quantitative estimate of drug-likeness (QED) is 0.762. The van der Waals surface area contributed by atoms with E-state index in [0.29, 0.717) is 17.8 Å². The van der Waals surface area contributed by atoms with Crippen molar-refractivity contribution in [3.05, 3.63) is 71.1 Å². The first-order chi connectivity index (χ1) is 11.9. The van der Waals surface area contributed by atoms with Gasteiger partial charge < -0.3 is 10.4 Å². The zero-order chi connectivity index (χ0) is 18.0. The summed E-state index contributed by atoms with van der Waals surface area (Å²) in [5.41, 5.74) is 1.28. The fourth-order valence-electron chi connectivity index (χ4n) is 2.30. The molecule has 2 heterocycles. The van der Waals surface area contributed by atoms with E-state index in [9.17, 15) is 18.7 Å². The molecular weight excluding hydrogens is 330 g/mol. The summed E-state index contributed by atoms with van der Waals surface area (Å²) in [6.45, 7) is 0. The Morgan fingerprint density at radius 2 is 1.88 bits per heavy atom. The molecule has 2 aromatic heterocycles. The molecule has 2 N–H and O–H groups in total. The number of amides is 1. The summed E-state index contributed by atoms with van der Waals surface area (Å²) in [6.07, 6.45) is 1.82. The molecular formula is C17H14F2N4O2. The Kier molecular flexibility index (Phi) is 4.42. The standard InChI is InChI=1S/C17H14F2N4O2/c1-23-16(24)8-14(22-23)17(25)21-15-3-2-10(9-20-15)4-11-5-12(18)7-13(19)6-11/h2-3,5-9,24H,4H2,1H3,(H,20,21,25). The Morgan fingerprint density at radius 3 is 2.44 bits per heavy atom. The van der Waals surface area contributed by atoms with Gasteiger partial charge in [0.05, 0.1) is 0 Å². The molecule has 1 aromatic carbocycles. The number of nitrogens with one attached hydrogen (secondary N) is 1. The van der Waals surface area contributed by atoms with Gasteiger partial charge in [-0.3, -0.25) is 4.79 Å². The molecule has 0 radical (unpaired) electrons. The lowest BCUT2D eigenvalue weighted by atomic mass is 10.1. The van der Waals surface area contributed by atoms with Gasteiger partial charge in [0.25, 0.3) is 5.91 Å². The molecule has 25 heavy (non-hydrogen) atoms. The summed E-state index contributed by atoms with van der Waals surface area (Å²) < 4.78 is 27.6. The summed E-state index contributed by atoms with van der Waals surface area (Å²) in [4.78, 5) is 16.1. The third kappa shape index (κ3) is 3.97. The molecule has 0 saturated carbocycles. The molecule has 3 rings (SSSR count). The Balaban J connectivity index is 1.68. The van der Waals surface area contributed by atoms with Crippen LogP contribution in [0.4, 0.5) is 14.6 Å². The summed E-state index contributed by atoms with van der Waals surface area (Å²) in [6, 6.07) is 7.84. The van der Waals surface area contributed by atoms with E-state index < -0.39 is 17.5 Å². The zero-order valence-electron chi connectivity index (χ0n) is 13.2. The van der Waals surface area contributed by atoms with E-state index in [1.165, 1.54) is 36.1 Å². The lowest BCUT2D eigenvalue weighted by Gasteiger charge is -2.05. The average Bonchev–Trinajstić information content (AvgIpc) is 2.88. The smallest absolute Gasteiger partial charge is 0.277 e. The summed E-state index contributed by atoms with van der Waals surface area (Å²) >= 11 is 0. The molecule has 0 unspecified atom stereocenters. The molecule has 0 saturated heterocycles. The summed E-state index contributed by atoms with van der Waals surface area (Å²) in [5.74, 6) is -1.61. The molecule has 3 aromatic rings. The average molecular weight is 344 g/mol. The fourth-order valence-corrected chi connectivity index (χ4v) is 2.30. The molecule has 128 valence electrons. The molecule has 0 aliphatic heterocycles. The van der Waals surface area contributed by atoms with E-state index in [1.54, 1.807) is 12.1 Å². The number of hydrogen-bond acceptors (Lipinski definition) is 4. The first kappa shape index (κ1) is 16.6. The van der Waals surface area contributed by atoms with E-state index in [2.05, 4.69) is 15.4 Å². The van der Waals surface area contributed by atoms with Gasteiger partial charge in [-0.15, -0.1) is 0 Å². The number of halogens is 2. The Morgan fingerprint density at radius 1 is 1.16 bits per heavy atom. The minimum absolute atomic E-state index is 0.0566. The number of aromatic hydroxyl groups is 1. The lowest BCUT2D eigenvalue weighted by molar-refractivity contribution is 0.102. The maximum Gasteiger partial charge on any atom is 0.277 e. The number of pyridine rings is 1. The predicted octanol–water partition coefficient (Wildman–Crippen LogP) is 2.64. The van der Waals surface area contributed by atoms with Crippen molar-refractivity contribution < 1.29 is 18.7 Å². The van der Waals surface area contributed by atoms with Crippen molar-refractivity contribution in [1.29, 1.82) is 0 Å². The van der Waals surface area contributed by atoms with Crippen molar-refractivity contribution in [1.82, 2.24) is 14.8 Å². The number of carbonyl (C=O) groups excluding carboxylic acids is 1. The van der Waals surface area contributed by atoms with Crippen LogP contribution in [0.15, 0.2) is 42.6 Å². The van der Waals surface area contributed by atoms with Gasteiger partial charge in [0.15, 0.2) is 5.69 Å². The lowest BCUT2D eigenvalue weighted by Crippen LogP contribution is -2.14. The van der Waals surface area contributed by atoms with Crippen LogP contribution in [0.2, 0.25) is 0 Å². The van der Waals surface area contributed by atoms with Gasteiger partial charge in [0, 0.05) is 25.4 Å². The van der Waals surface area contributed by atoms with Crippen LogP contribution in [0.25, 0.3) is 0 Å². The highest BCUT2D eigenvalue weighted by molar-refractivity contribution is 6.02. The van der Waals surface area contributed by atoms with Gasteiger partial charge in [-0.25, -0.2) is 18.4 Å². The number of carbonyl (C=O) groups is 1. The largest absolute Gasteiger partial charge is 0.493 e. The van der Waals surface area contributed by atoms with Crippen molar-refractivity contribution >= 4 is 11.7 Å². The van der Waals surface area contributed by atoms with E-state index in [-0.39, 0.29) is 11.6 Å².